The molecule has 0 saturated carbocycles. The van der Waals surface area contributed by atoms with Crippen LogP contribution in [0, 0.1) is 5.92 Å². The molecule has 1 amide bonds. The zero-order chi connectivity index (χ0) is 13.3. The molecule has 0 saturated heterocycles. The van der Waals surface area contributed by atoms with Crippen molar-refractivity contribution >= 4 is 17.2 Å². The minimum atomic E-state index is -4.36. The molecular weight excluding hydrogens is 263 g/mol. The number of hydrogen-bond acceptors (Lipinski definition) is 2. The van der Waals surface area contributed by atoms with E-state index in [1.54, 1.807) is 5.38 Å². The standard InChI is InChI=1S/C12H14F3NOS/c1-7-2-3-8-9(5-18-10(8)4-7)11(17)16-6-12(13,14)15/h5,7H,2-4,6H2,1H3,(H,16,17). The molecule has 1 heterocycles. The Morgan fingerprint density at radius 2 is 2.28 bits per heavy atom. The second kappa shape index (κ2) is 4.91. The Labute approximate surface area is 107 Å². The van der Waals surface area contributed by atoms with Crippen molar-refractivity contribution < 1.29 is 18.0 Å². The van der Waals surface area contributed by atoms with Crippen molar-refractivity contribution in [3.05, 3.63) is 21.4 Å². The maximum atomic E-state index is 12.0. The highest BCUT2D eigenvalue weighted by Crippen LogP contribution is 2.32. The van der Waals surface area contributed by atoms with Crippen LogP contribution < -0.4 is 5.32 Å². The first-order valence-electron chi connectivity index (χ1n) is 5.81. The molecule has 0 radical (unpaired) electrons. The van der Waals surface area contributed by atoms with Gasteiger partial charge in [-0.2, -0.15) is 13.2 Å². The van der Waals surface area contributed by atoms with E-state index in [0.717, 1.165) is 29.7 Å². The van der Waals surface area contributed by atoms with Gasteiger partial charge in [-0.15, -0.1) is 11.3 Å². The Bertz CT molecular complexity index is 453. The topological polar surface area (TPSA) is 29.1 Å². The van der Waals surface area contributed by atoms with Gasteiger partial charge in [0.1, 0.15) is 6.54 Å². The molecule has 6 heteroatoms. The van der Waals surface area contributed by atoms with E-state index in [9.17, 15) is 18.0 Å². The maximum absolute atomic E-state index is 12.0. The van der Waals surface area contributed by atoms with Crippen molar-refractivity contribution in [2.75, 3.05) is 6.54 Å². The fraction of sp³-hybridized carbons (Fsp3) is 0.583. The van der Waals surface area contributed by atoms with Crippen LogP contribution >= 0.6 is 11.3 Å². The zero-order valence-electron chi connectivity index (χ0n) is 9.93. The van der Waals surface area contributed by atoms with Gasteiger partial charge in [-0.1, -0.05) is 6.92 Å². The van der Waals surface area contributed by atoms with Crippen LogP contribution in [0.2, 0.25) is 0 Å². The lowest BCUT2D eigenvalue weighted by molar-refractivity contribution is -0.123. The van der Waals surface area contributed by atoms with E-state index in [-0.39, 0.29) is 0 Å². The number of carbonyl (C=O) groups is 1. The predicted molar refractivity (Wildman–Crippen MR) is 63.9 cm³/mol. The Hall–Kier alpha value is -1.04. The molecule has 2 nitrogen and oxygen atoms in total. The van der Waals surface area contributed by atoms with Crippen molar-refractivity contribution in [2.45, 2.75) is 32.4 Å². The largest absolute Gasteiger partial charge is 0.405 e. The highest BCUT2D eigenvalue weighted by atomic mass is 32.1. The number of fused-ring (bicyclic) bond motifs is 1. The molecule has 1 aromatic rings. The molecule has 0 spiro atoms. The molecule has 0 fully saturated rings. The summed E-state index contributed by atoms with van der Waals surface area (Å²) in [5.74, 6) is -0.0263. The minimum Gasteiger partial charge on any atom is -0.343 e. The van der Waals surface area contributed by atoms with Crippen molar-refractivity contribution in [3.63, 3.8) is 0 Å². The molecule has 18 heavy (non-hydrogen) atoms. The summed E-state index contributed by atoms with van der Waals surface area (Å²) in [7, 11) is 0. The van der Waals surface area contributed by atoms with Crippen LogP contribution in [0.5, 0.6) is 0 Å². The third-order valence-electron chi connectivity index (χ3n) is 3.10. The second-order valence-corrected chi connectivity index (χ2v) is 5.66. The van der Waals surface area contributed by atoms with Crippen LogP contribution in [-0.2, 0) is 12.8 Å². The monoisotopic (exact) mass is 277 g/mol. The highest BCUT2D eigenvalue weighted by Gasteiger charge is 2.29. The van der Waals surface area contributed by atoms with Crippen LogP contribution in [0.4, 0.5) is 13.2 Å². The molecular formula is C12H14F3NOS. The van der Waals surface area contributed by atoms with Gasteiger partial charge in [-0.25, -0.2) is 0 Å². The Morgan fingerprint density at radius 3 is 2.94 bits per heavy atom. The van der Waals surface area contributed by atoms with Gasteiger partial charge in [0, 0.05) is 10.3 Å². The van der Waals surface area contributed by atoms with Gasteiger partial charge in [-0.3, -0.25) is 4.79 Å². The fourth-order valence-corrected chi connectivity index (χ4v) is 3.39. The van der Waals surface area contributed by atoms with E-state index < -0.39 is 18.6 Å². The van der Waals surface area contributed by atoms with Gasteiger partial charge in [0.25, 0.3) is 5.91 Å². The summed E-state index contributed by atoms with van der Waals surface area (Å²) in [6, 6.07) is 0. The van der Waals surface area contributed by atoms with Crippen molar-refractivity contribution in [1.29, 1.82) is 0 Å². The first-order valence-corrected chi connectivity index (χ1v) is 6.69. The molecule has 2 rings (SSSR count). The fourth-order valence-electron chi connectivity index (χ4n) is 2.14. The average Bonchev–Trinajstić information content (AvgIpc) is 2.67. The number of alkyl halides is 3. The molecule has 0 bridgehead atoms. The number of thiophene rings is 1. The van der Waals surface area contributed by atoms with Crippen LogP contribution in [0.15, 0.2) is 5.38 Å². The summed E-state index contributed by atoms with van der Waals surface area (Å²) < 4.78 is 36.1. The van der Waals surface area contributed by atoms with Gasteiger partial charge >= 0.3 is 6.18 Å². The highest BCUT2D eigenvalue weighted by molar-refractivity contribution is 7.10. The number of carbonyl (C=O) groups excluding carboxylic acids is 1. The lowest BCUT2D eigenvalue weighted by atomic mass is 9.88. The zero-order valence-corrected chi connectivity index (χ0v) is 10.8. The number of halogens is 3. The molecule has 1 atom stereocenters. The van der Waals surface area contributed by atoms with Gasteiger partial charge in [-0.05, 0) is 30.7 Å². The van der Waals surface area contributed by atoms with E-state index >= 15 is 0 Å². The van der Waals surface area contributed by atoms with E-state index in [4.69, 9.17) is 0 Å². The predicted octanol–water partition coefficient (Wildman–Crippen LogP) is 3.17. The van der Waals surface area contributed by atoms with E-state index in [1.165, 1.54) is 11.3 Å². The molecule has 1 aromatic heterocycles. The summed E-state index contributed by atoms with van der Waals surface area (Å²) in [4.78, 5) is 12.8. The van der Waals surface area contributed by atoms with Crippen LogP contribution in [0.3, 0.4) is 0 Å². The summed E-state index contributed by atoms with van der Waals surface area (Å²) in [6.07, 6.45) is -1.66. The first kappa shape index (κ1) is 13.4. The Balaban J connectivity index is 2.08. The van der Waals surface area contributed by atoms with E-state index in [0.29, 0.717) is 11.5 Å². The second-order valence-electron chi connectivity index (χ2n) is 4.70. The van der Waals surface area contributed by atoms with Gasteiger partial charge in [0.2, 0.25) is 0 Å². The molecule has 1 unspecified atom stereocenters. The summed E-state index contributed by atoms with van der Waals surface area (Å²) in [6.45, 7) is 0.874. The number of hydrogen-bond donors (Lipinski definition) is 1. The van der Waals surface area contributed by atoms with Crippen molar-refractivity contribution in [1.82, 2.24) is 5.32 Å². The molecule has 1 aliphatic carbocycles. The third kappa shape index (κ3) is 3.04. The average molecular weight is 277 g/mol. The van der Waals surface area contributed by atoms with Gasteiger partial charge < -0.3 is 5.32 Å². The number of rotatable bonds is 2. The van der Waals surface area contributed by atoms with Crippen LogP contribution in [0.25, 0.3) is 0 Å². The SMILES string of the molecule is CC1CCc2c(C(=O)NCC(F)(F)F)csc2C1. The normalized spacial score (nSPS) is 19.4. The maximum Gasteiger partial charge on any atom is 0.405 e. The van der Waals surface area contributed by atoms with E-state index in [1.807, 2.05) is 5.32 Å². The molecule has 0 aliphatic heterocycles. The molecule has 1 N–H and O–H groups in total. The quantitative estimate of drug-likeness (QED) is 0.884. The molecule has 1 aliphatic rings. The minimum absolute atomic E-state index is 0.422. The smallest absolute Gasteiger partial charge is 0.343 e. The summed E-state index contributed by atoms with van der Waals surface area (Å²) >= 11 is 1.48. The van der Waals surface area contributed by atoms with Crippen LogP contribution in [-0.4, -0.2) is 18.6 Å². The molecule has 0 aromatic carbocycles. The lowest BCUT2D eigenvalue weighted by Crippen LogP contribution is -2.34. The van der Waals surface area contributed by atoms with Gasteiger partial charge in [0.15, 0.2) is 0 Å². The summed E-state index contributed by atoms with van der Waals surface area (Å²) in [5, 5.41) is 3.60. The van der Waals surface area contributed by atoms with Gasteiger partial charge in [0.05, 0.1) is 5.56 Å². The molecule has 100 valence electrons. The first-order chi connectivity index (χ1) is 8.37. The Morgan fingerprint density at radius 1 is 1.56 bits per heavy atom. The Kier molecular flexibility index (Phi) is 3.66. The van der Waals surface area contributed by atoms with E-state index in [2.05, 4.69) is 6.92 Å². The third-order valence-corrected chi connectivity index (χ3v) is 4.15. The number of nitrogens with one attached hydrogen (secondary N) is 1. The van der Waals surface area contributed by atoms with Crippen molar-refractivity contribution in [2.24, 2.45) is 5.92 Å². The lowest BCUT2D eigenvalue weighted by Gasteiger charge is -2.18. The van der Waals surface area contributed by atoms with Crippen molar-refractivity contribution in [3.8, 4) is 0 Å². The number of amides is 1. The summed E-state index contributed by atoms with van der Waals surface area (Å²) in [5.41, 5.74) is 1.36. The van der Waals surface area contributed by atoms with Crippen LogP contribution in [0.1, 0.15) is 34.1 Å².